The van der Waals surface area contributed by atoms with Crippen molar-refractivity contribution < 1.29 is 29.4 Å². The maximum atomic E-state index is 9.77. The van der Waals surface area contributed by atoms with E-state index in [0.29, 0.717) is 6.54 Å². The minimum Gasteiger partial charge on any atom is -0.550 e. The number of hydrogen-bond donors (Lipinski definition) is 0. The fourth-order valence-corrected chi connectivity index (χ4v) is 0.315. The van der Waals surface area contributed by atoms with Crippen LogP contribution >= 0.6 is 0 Å². The van der Waals surface area contributed by atoms with Gasteiger partial charge in [0.1, 0.15) is 0 Å². The Kier molecular flexibility index (Phi) is 8.10. The summed E-state index contributed by atoms with van der Waals surface area (Å²) in [5, 5.41) is 9.77. The quantitative estimate of drug-likeness (QED) is 0.508. The molecule has 0 bridgehead atoms. The summed E-state index contributed by atoms with van der Waals surface area (Å²) in [4.78, 5) is 11.6. The van der Waals surface area contributed by atoms with Gasteiger partial charge >= 0.3 is 19.5 Å². The Balaban J connectivity index is 0. The van der Waals surface area contributed by atoms with Crippen molar-refractivity contribution in [1.82, 2.24) is 4.90 Å². The van der Waals surface area contributed by atoms with Crippen LogP contribution in [0.15, 0.2) is 0 Å². The van der Waals surface area contributed by atoms with Gasteiger partial charge < -0.3 is 14.8 Å². The zero-order valence-electron chi connectivity index (χ0n) is 5.89. The maximum Gasteiger partial charge on any atom is 2.00 e. The summed E-state index contributed by atoms with van der Waals surface area (Å²) in [5.74, 6) is -0.987. The van der Waals surface area contributed by atoms with Crippen molar-refractivity contribution in [2.45, 2.75) is 6.42 Å². The monoisotopic (exact) mass is 180 g/mol. The zero-order chi connectivity index (χ0) is 6.57. The molecular weight excluding hydrogens is 171 g/mol. The summed E-state index contributed by atoms with van der Waals surface area (Å²) < 4.78 is 0. The zero-order valence-corrected chi connectivity index (χ0v) is 8.85. The van der Waals surface area contributed by atoms with E-state index in [9.17, 15) is 9.90 Å². The van der Waals surface area contributed by atoms with Gasteiger partial charge in [0.05, 0.1) is 0 Å². The molecule has 0 aliphatic carbocycles. The van der Waals surface area contributed by atoms with Gasteiger partial charge in [-0.25, -0.2) is 0 Å². The van der Waals surface area contributed by atoms with Crippen LogP contribution in [0.25, 0.3) is 0 Å². The molecule has 0 fully saturated rings. The van der Waals surface area contributed by atoms with Crippen molar-refractivity contribution in [3.8, 4) is 0 Å². The van der Waals surface area contributed by atoms with E-state index >= 15 is 0 Å². The molecule has 0 aromatic carbocycles. The second kappa shape index (κ2) is 6.18. The summed E-state index contributed by atoms with van der Waals surface area (Å²) in [6, 6.07) is 0. The number of carboxylic acids is 1. The van der Waals surface area contributed by atoms with Crippen LogP contribution in [0.2, 0.25) is 0 Å². The number of rotatable bonds is 3. The van der Waals surface area contributed by atoms with Gasteiger partial charge in [-0.05, 0) is 20.5 Å². The Bertz CT molecular complexity index is 85.0. The van der Waals surface area contributed by atoms with Gasteiger partial charge in [-0.1, -0.05) is 0 Å². The van der Waals surface area contributed by atoms with Crippen LogP contribution in [0.5, 0.6) is 0 Å². The molecule has 4 heteroatoms. The van der Waals surface area contributed by atoms with Gasteiger partial charge in [-0.3, -0.25) is 0 Å². The van der Waals surface area contributed by atoms with Gasteiger partial charge in [-0.2, -0.15) is 0 Å². The second-order valence-electron chi connectivity index (χ2n) is 1.93. The summed E-state index contributed by atoms with van der Waals surface area (Å²) in [5.41, 5.74) is 0. The molecule has 0 saturated carbocycles. The van der Waals surface area contributed by atoms with E-state index < -0.39 is 5.97 Å². The van der Waals surface area contributed by atoms with E-state index in [-0.39, 0.29) is 25.9 Å². The number of aliphatic carboxylic acids is 1. The smallest absolute Gasteiger partial charge is 0.550 e. The summed E-state index contributed by atoms with van der Waals surface area (Å²) in [6.07, 6.45) is 0.118. The van der Waals surface area contributed by atoms with Crippen LogP contribution in [0, 0.1) is 0 Å². The van der Waals surface area contributed by atoms with E-state index in [4.69, 9.17) is 0 Å². The number of carboxylic acid groups (broad SMARTS) is 1. The Morgan fingerprint density at radius 2 is 2.00 bits per heavy atom. The van der Waals surface area contributed by atoms with Crippen molar-refractivity contribution in [3.05, 3.63) is 0 Å². The molecule has 0 aromatic rings. The molecule has 9 heavy (non-hydrogen) atoms. The summed E-state index contributed by atoms with van der Waals surface area (Å²) >= 11 is 0. The van der Waals surface area contributed by atoms with Gasteiger partial charge in [-0.15, -0.1) is 0 Å². The van der Waals surface area contributed by atoms with Crippen molar-refractivity contribution in [3.63, 3.8) is 0 Å². The number of nitrogens with zero attached hydrogens (tertiary/aromatic N) is 1. The van der Waals surface area contributed by atoms with Gasteiger partial charge in [0, 0.05) is 12.5 Å². The standard InChI is InChI=1S/C5H11NO2.Zn/c1-6(2)4-3-5(7)8;/h3-4H2,1-2H3,(H,7,8);/q;+2/p-1. The Morgan fingerprint density at radius 3 is 2.11 bits per heavy atom. The minimum atomic E-state index is -0.987. The molecule has 0 atom stereocenters. The van der Waals surface area contributed by atoms with E-state index in [0.717, 1.165) is 0 Å². The predicted molar refractivity (Wildman–Crippen MR) is 28.2 cm³/mol. The molecular formula is C5H10NO2Zn+. The van der Waals surface area contributed by atoms with Gasteiger partial charge in [0.25, 0.3) is 0 Å². The first-order valence-electron chi connectivity index (χ1n) is 2.47. The molecule has 0 saturated heterocycles. The van der Waals surface area contributed by atoms with Crippen molar-refractivity contribution >= 4 is 5.97 Å². The van der Waals surface area contributed by atoms with Crippen LogP contribution in [-0.2, 0) is 24.3 Å². The molecule has 0 rings (SSSR count). The third-order valence-electron chi connectivity index (χ3n) is 0.763. The summed E-state index contributed by atoms with van der Waals surface area (Å²) in [7, 11) is 3.64. The predicted octanol–water partition coefficient (Wildman–Crippen LogP) is -1.31. The van der Waals surface area contributed by atoms with Crippen LogP contribution in [0.4, 0.5) is 0 Å². The van der Waals surface area contributed by atoms with E-state index in [1.165, 1.54) is 0 Å². The third kappa shape index (κ3) is 11.6. The largest absolute Gasteiger partial charge is 2.00 e. The fourth-order valence-electron chi connectivity index (χ4n) is 0.315. The Morgan fingerprint density at radius 1 is 1.56 bits per heavy atom. The van der Waals surface area contributed by atoms with Gasteiger partial charge in [0.2, 0.25) is 0 Å². The van der Waals surface area contributed by atoms with Crippen LogP contribution in [0.1, 0.15) is 6.42 Å². The SMILES string of the molecule is CN(C)CCC(=O)[O-].[Zn+2]. The van der Waals surface area contributed by atoms with Gasteiger partial charge in [0.15, 0.2) is 0 Å². The van der Waals surface area contributed by atoms with E-state index in [1.807, 2.05) is 14.1 Å². The molecule has 0 spiro atoms. The Hall–Kier alpha value is 0.0534. The second-order valence-corrected chi connectivity index (χ2v) is 1.93. The molecule has 3 nitrogen and oxygen atoms in total. The minimum absolute atomic E-state index is 0. The van der Waals surface area contributed by atoms with Crippen LogP contribution < -0.4 is 5.11 Å². The average molecular weight is 182 g/mol. The number of carbonyl (C=O) groups is 1. The number of hydrogen-bond acceptors (Lipinski definition) is 3. The first-order valence-corrected chi connectivity index (χ1v) is 2.47. The first kappa shape index (κ1) is 11.8. The third-order valence-corrected chi connectivity index (χ3v) is 0.763. The molecule has 48 valence electrons. The molecule has 0 radical (unpaired) electrons. The molecule has 0 unspecified atom stereocenters. The average Bonchev–Trinajstić information content (AvgIpc) is 1.61. The Labute approximate surface area is 67.8 Å². The molecule has 0 aliphatic heterocycles. The number of carbonyl (C=O) groups excluding carboxylic acids is 1. The first-order chi connectivity index (χ1) is 3.63. The topological polar surface area (TPSA) is 43.4 Å². The molecule has 0 aromatic heterocycles. The molecule has 0 N–H and O–H groups in total. The fraction of sp³-hybridized carbons (Fsp3) is 0.800. The normalized spacial score (nSPS) is 8.78. The van der Waals surface area contributed by atoms with Crippen molar-refractivity contribution in [2.75, 3.05) is 20.6 Å². The molecule has 0 amide bonds. The van der Waals surface area contributed by atoms with Crippen LogP contribution in [0.3, 0.4) is 0 Å². The van der Waals surface area contributed by atoms with Crippen molar-refractivity contribution in [2.24, 2.45) is 0 Å². The van der Waals surface area contributed by atoms with Crippen LogP contribution in [-0.4, -0.2) is 31.5 Å². The van der Waals surface area contributed by atoms with E-state index in [1.54, 1.807) is 4.90 Å². The van der Waals surface area contributed by atoms with E-state index in [2.05, 4.69) is 0 Å². The molecule has 0 aliphatic rings. The maximum absolute atomic E-state index is 9.77. The summed E-state index contributed by atoms with van der Waals surface area (Å²) in [6.45, 7) is 0.558. The van der Waals surface area contributed by atoms with Crippen molar-refractivity contribution in [1.29, 1.82) is 0 Å². The molecule has 0 heterocycles.